The van der Waals surface area contributed by atoms with Crippen molar-refractivity contribution in [2.45, 2.75) is 20.8 Å². The summed E-state index contributed by atoms with van der Waals surface area (Å²) in [6.07, 6.45) is 0. The van der Waals surface area contributed by atoms with E-state index in [-0.39, 0.29) is 11.0 Å². The smallest absolute Gasteiger partial charge is 0.257 e. The number of primary amides is 1. The number of thiophene rings is 1. The van der Waals surface area contributed by atoms with Gasteiger partial charge in [0.15, 0.2) is 5.11 Å². The fourth-order valence-electron chi connectivity index (χ4n) is 2.11. The zero-order valence-electron chi connectivity index (χ0n) is 13.0. The molecule has 0 atom stereocenters. The number of amides is 2. The van der Waals surface area contributed by atoms with Gasteiger partial charge in [0.05, 0.1) is 5.56 Å². The lowest BCUT2D eigenvalue weighted by molar-refractivity contribution is 0.0975. The minimum atomic E-state index is -0.526. The van der Waals surface area contributed by atoms with E-state index in [4.69, 9.17) is 18.0 Å². The summed E-state index contributed by atoms with van der Waals surface area (Å²) in [5, 5.41) is 6.16. The SMILES string of the molecule is Cc1cccc(C(=O)NC(=S)Nc2sc(C)c(C)c2C(N)=O)c1. The summed E-state index contributed by atoms with van der Waals surface area (Å²) in [5.41, 5.74) is 8.13. The van der Waals surface area contributed by atoms with Crippen molar-refractivity contribution in [2.24, 2.45) is 5.73 Å². The predicted molar refractivity (Wildman–Crippen MR) is 97.2 cm³/mol. The number of aryl methyl sites for hydroxylation is 2. The summed E-state index contributed by atoms with van der Waals surface area (Å²) >= 11 is 6.53. The van der Waals surface area contributed by atoms with Crippen LogP contribution in [0.2, 0.25) is 0 Å². The molecule has 0 aliphatic heterocycles. The van der Waals surface area contributed by atoms with Crippen molar-refractivity contribution < 1.29 is 9.59 Å². The Morgan fingerprint density at radius 2 is 1.91 bits per heavy atom. The molecule has 0 aliphatic rings. The van der Waals surface area contributed by atoms with E-state index in [0.717, 1.165) is 16.0 Å². The Bertz CT molecular complexity index is 797. The number of thiocarbonyl (C=S) groups is 1. The molecule has 0 aliphatic carbocycles. The van der Waals surface area contributed by atoms with Gasteiger partial charge in [0.2, 0.25) is 0 Å². The van der Waals surface area contributed by atoms with Crippen LogP contribution in [0.1, 0.15) is 36.7 Å². The number of hydrogen-bond acceptors (Lipinski definition) is 4. The van der Waals surface area contributed by atoms with Crippen LogP contribution in [0.25, 0.3) is 0 Å². The molecule has 0 spiro atoms. The first-order valence-corrected chi connectivity index (χ1v) is 8.11. The van der Waals surface area contributed by atoms with Crippen molar-refractivity contribution in [1.29, 1.82) is 0 Å². The standard InChI is InChI=1S/C16H17N3O2S2/c1-8-5-4-6-11(7-8)14(21)18-16(22)19-15-12(13(17)20)9(2)10(3)23-15/h4-7H,1-3H3,(H2,17,20)(H2,18,19,21,22). The highest BCUT2D eigenvalue weighted by Gasteiger charge is 2.18. The van der Waals surface area contributed by atoms with E-state index < -0.39 is 5.91 Å². The Labute approximate surface area is 143 Å². The summed E-state index contributed by atoms with van der Waals surface area (Å²) in [6.45, 7) is 5.63. The Morgan fingerprint density at radius 1 is 1.22 bits per heavy atom. The molecule has 0 saturated carbocycles. The fourth-order valence-corrected chi connectivity index (χ4v) is 3.44. The summed E-state index contributed by atoms with van der Waals surface area (Å²) < 4.78 is 0. The number of nitrogens with two attached hydrogens (primary N) is 1. The highest BCUT2D eigenvalue weighted by molar-refractivity contribution is 7.80. The van der Waals surface area contributed by atoms with Crippen molar-refractivity contribution in [3.63, 3.8) is 0 Å². The van der Waals surface area contributed by atoms with Gasteiger partial charge in [0.1, 0.15) is 5.00 Å². The largest absolute Gasteiger partial charge is 0.365 e. The summed E-state index contributed by atoms with van der Waals surface area (Å²) in [7, 11) is 0. The van der Waals surface area contributed by atoms with Gasteiger partial charge in [-0.2, -0.15) is 0 Å². The highest BCUT2D eigenvalue weighted by atomic mass is 32.1. The molecule has 4 N–H and O–H groups in total. The van der Waals surface area contributed by atoms with Crippen molar-refractivity contribution in [1.82, 2.24) is 5.32 Å². The molecule has 2 rings (SSSR count). The van der Waals surface area contributed by atoms with E-state index >= 15 is 0 Å². The van der Waals surface area contributed by atoms with Crippen LogP contribution in [-0.2, 0) is 0 Å². The van der Waals surface area contributed by atoms with Gasteiger partial charge in [-0.25, -0.2) is 0 Å². The molecule has 23 heavy (non-hydrogen) atoms. The Balaban J connectivity index is 2.13. The third-order valence-corrected chi connectivity index (χ3v) is 4.69. The van der Waals surface area contributed by atoms with Crippen LogP contribution in [0.4, 0.5) is 5.00 Å². The lowest BCUT2D eigenvalue weighted by Gasteiger charge is -2.09. The van der Waals surface area contributed by atoms with Crippen LogP contribution in [0.3, 0.4) is 0 Å². The Morgan fingerprint density at radius 3 is 2.52 bits per heavy atom. The molecule has 0 saturated heterocycles. The maximum absolute atomic E-state index is 12.2. The van der Waals surface area contributed by atoms with Gasteiger partial charge in [-0.1, -0.05) is 17.7 Å². The summed E-state index contributed by atoms with van der Waals surface area (Å²) in [4.78, 5) is 24.7. The third kappa shape index (κ3) is 3.94. The third-order valence-electron chi connectivity index (χ3n) is 3.37. The lowest BCUT2D eigenvalue weighted by Crippen LogP contribution is -2.34. The van der Waals surface area contributed by atoms with Gasteiger partial charge in [-0.3, -0.25) is 14.9 Å². The van der Waals surface area contributed by atoms with Crippen molar-refractivity contribution in [3.05, 3.63) is 51.4 Å². The van der Waals surface area contributed by atoms with E-state index in [1.807, 2.05) is 26.8 Å². The van der Waals surface area contributed by atoms with E-state index in [1.54, 1.807) is 18.2 Å². The second-order valence-corrected chi connectivity index (χ2v) is 6.76. The monoisotopic (exact) mass is 347 g/mol. The number of rotatable bonds is 3. The number of nitrogens with one attached hydrogen (secondary N) is 2. The number of anilines is 1. The molecule has 1 heterocycles. The zero-order chi connectivity index (χ0) is 17.1. The molecule has 1 aromatic heterocycles. The average Bonchev–Trinajstić information content (AvgIpc) is 2.73. The van der Waals surface area contributed by atoms with E-state index in [2.05, 4.69) is 10.6 Å². The molecule has 0 fully saturated rings. The van der Waals surface area contributed by atoms with Gasteiger partial charge in [-0.05, 0) is 50.7 Å². The van der Waals surface area contributed by atoms with Gasteiger partial charge < -0.3 is 11.1 Å². The predicted octanol–water partition coefficient (Wildman–Crippen LogP) is 2.90. The molecular formula is C16H17N3O2S2. The average molecular weight is 347 g/mol. The molecule has 0 bridgehead atoms. The molecule has 7 heteroatoms. The normalized spacial score (nSPS) is 10.2. The van der Waals surface area contributed by atoms with E-state index in [1.165, 1.54) is 11.3 Å². The minimum absolute atomic E-state index is 0.125. The molecule has 2 aromatic rings. The van der Waals surface area contributed by atoms with Crippen LogP contribution in [0.15, 0.2) is 24.3 Å². The van der Waals surface area contributed by atoms with Crippen molar-refractivity contribution >= 4 is 45.5 Å². The number of benzene rings is 1. The number of hydrogen-bond donors (Lipinski definition) is 3. The molecule has 0 radical (unpaired) electrons. The lowest BCUT2D eigenvalue weighted by atomic mass is 10.1. The Kier molecular flexibility index (Phi) is 5.12. The Hall–Kier alpha value is -2.25. The first-order valence-electron chi connectivity index (χ1n) is 6.88. The molecule has 2 amide bonds. The minimum Gasteiger partial charge on any atom is -0.365 e. The van der Waals surface area contributed by atoms with Crippen LogP contribution in [-0.4, -0.2) is 16.9 Å². The van der Waals surface area contributed by atoms with Crippen molar-refractivity contribution in [3.8, 4) is 0 Å². The van der Waals surface area contributed by atoms with Crippen LogP contribution >= 0.6 is 23.6 Å². The summed E-state index contributed by atoms with van der Waals surface area (Å²) in [5.74, 6) is -0.834. The molecule has 120 valence electrons. The maximum Gasteiger partial charge on any atom is 0.257 e. The zero-order valence-corrected chi connectivity index (χ0v) is 14.7. The molecule has 1 aromatic carbocycles. The first kappa shape index (κ1) is 17.1. The van der Waals surface area contributed by atoms with Gasteiger partial charge in [-0.15, -0.1) is 11.3 Å². The second kappa shape index (κ2) is 6.89. The first-order chi connectivity index (χ1) is 10.8. The molecule has 0 unspecified atom stereocenters. The van der Waals surface area contributed by atoms with Crippen LogP contribution in [0.5, 0.6) is 0 Å². The topological polar surface area (TPSA) is 84.2 Å². The summed E-state index contributed by atoms with van der Waals surface area (Å²) in [6, 6.07) is 7.19. The quantitative estimate of drug-likeness (QED) is 0.746. The van der Waals surface area contributed by atoms with Crippen LogP contribution in [0, 0.1) is 20.8 Å². The van der Waals surface area contributed by atoms with E-state index in [9.17, 15) is 9.59 Å². The fraction of sp³-hybridized carbons (Fsp3) is 0.188. The van der Waals surface area contributed by atoms with Gasteiger partial charge in [0.25, 0.3) is 11.8 Å². The molecular weight excluding hydrogens is 330 g/mol. The number of carbonyl (C=O) groups excluding carboxylic acids is 2. The molecule has 5 nitrogen and oxygen atoms in total. The van der Waals surface area contributed by atoms with E-state index in [0.29, 0.717) is 16.1 Å². The van der Waals surface area contributed by atoms with Gasteiger partial charge >= 0.3 is 0 Å². The second-order valence-electron chi connectivity index (χ2n) is 5.13. The highest BCUT2D eigenvalue weighted by Crippen LogP contribution is 2.31. The van der Waals surface area contributed by atoms with Gasteiger partial charge in [0, 0.05) is 10.4 Å². The maximum atomic E-state index is 12.2. The van der Waals surface area contributed by atoms with Crippen LogP contribution < -0.4 is 16.4 Å². The van der Waals surface area contributed by atoms with Crippen molar-refractivity contribution in [2.75, 3.05) is 5.32 Å². The number of carbonyl (C=O) groups is 2.